The Labute approximate surface area is 223 Å². The third kappa shape index (κ3) is 2.85. The predicted octanol–water partition coefficient (Wildman–Crippen LogP) is 6.19. The summed E-state index contributed by atoms with van der Waals surface area (Å²) >= 11 is 0. The van der Waals surface area contributed by atoms with Crippen molar-refractivity contribution in [2.24, 2.45) is 22.7 Å². The van der Waals surface area contributed by atoms with E-state index in [4.69, 9.17) is 4.74 Å². The summed E-state index contributed by atoms with van der Waals surface area (Å²) in [5.41, 5.74) is 1.95. The topological polar surface area (TPSA) is 63.7 Å². The number of rotatable bonds is 7. The highest BCUT2D eigenvalue weighted by Crippen LogP contribution is 2.75. The van der Waals surface area contributed by atoms with Gasteiger partial charge in [-0.3, -0.25) is 14.4 Å². The monoisotopic (exact) mass is 505 g/mol. The fourth-order valence-corrected chi connectivity index (χ4v) is 7.61. The van der Waals surface area contributed by atoms with Crippen LogP contribution in [0.5, 0.6) is 5.75 Å². The molecule has 2 amide bonds. The number of carbonyl (C=O) groups is 3. The second-order valence-corrected chi connectivity index (χ2v) is 10.3. The summed E-state index contributed by atoms with van der Waals surface area (Å²) in [5, 5.41) is 0. The first-order valence-corrected chi connectivity index (χ1v) is 13.5. The van der Waals surface area contributed by atoms with Crippen LogP contribution in [0.2, 0.25) is 0 Å². The quantitative estimate of drug-likeness (QED) is 0.359. The number of ether oxygens (including phenoxy) is 1. The standard InChI is InChI=1S/C33H31NO4/c1-4-32-25(21-15-9-7-10-16-21)26(22-17-11-8-12-18-22)33(5-2,31(32)37)28-27(32)29(35)34(30(28)36)23-19-13-14-20-24(23)38-6-3/h7-20,27-28H,4-6H2,1-3H3/t27-,28-,32-,33+/m0/s1. The third-order valence-corrected chi connectivity index (χ3v) is 8.97. The number of Topliss-reactive ketones (excluding diaryl/α,β-unsaturated/α-hetero) is 1. The lowest BCUT2D eigenvalue weighted by Gasteiger charge is -2.38. The lowest BCUT2D eigenvalue weighted by Crippen LogP contribution is -2.42. The summed E-state index contributed by atoms with van der Waals surface area (Å²) in [6.07, 6.45) is 0.880. The van der Waals surface area contributed by atoms with Crippen molar-refractivity contribution < 1.29 is 19.1 Å². The molecule has 1 saturated carbocycles. The number of allylic oxidation sites excluding steroid dienone is 2. The van der Waals surface area contributed by atoms with Gasteiger partial charge in [-0.1, -0.05) is 86.6 Å². The Morgan fingerprint density at radius 2 is 1.11 bits per heavy atom. The molecule has 0 N–H and O–H groups in total. The number of amides is 2. The van der Waals surface area contributed by atoms with Gasteiger partial charge in [-0.15, -0.1) is 0 Å². The minimum Gasteiger partial charge on any atom is -0.492 e. The van der Waals surface area contributed by atoms with Crippen molar-refractivity contribution in [2.75, 3.05) is 11.5 Å². The minimum absolute atomic E-state index is 0.0159. The van der Waals surface area contributed by atoms with E-state index in [2.05, 4.69) is 0 Å². The van der Waals surface area contributed by atoms with Crippen LogP contribution in [-0.2, 0) is 14.4 Å². The fourth-order valence-electron chi connectivity index (χ4n) is 7.61. The Morgan fingerprint density at radius 3 is 1.55 bits per heavy atom. The van der Waals surface area contributed by atoms with Crippen molar-refractivity contribution in [1.82, 2.24) is 0 Å². The summed E-state index contributed by atoms with van der Waals surface area (Å²) in [7, 11) is 0. The summed E-state index contributed by atoms with van der Waals surface area (Å²) < 4.78 is 5.82. The molecule has 5 nitrogen and oxygen atoms in total. The van der Waals surface area contributed by atoms with Crippen LogP contribution >= 0.6 is 0 Å². The molecule has 1 aliphatic heterocycles. The summed E-state index contributed by atoms with van der Waals surface area (Å²) in [5.74, 6) is -1.63. The zero-order chi connectivity index (χ0) is 26.7. The number of benzene rings is 3. The second kappa shape index (κ2) is 8.80. The van der Waals surface area contributed by atoms with E-state index in [0.717, 1.165) is 22.3 Å². The van der Waals surface area contributed by atoms with Crippen molar-refractivity contribution in [2.45, 2.75) is 33.6 Å². The van der Waals surface area contributed by atoms with Crippen LogP contribution in [0, 0.1) is 22.7 Å². The van der Waals surface area contributed by atoms with Gasteiger partial charge >= 0.3 is 0 Å². The number of nitrogens with zero attached hydrogens (tertiary/aromatic N) is 1. The zero-order valence-electron chi connectivity index (χ0n) is 21.9. The van der Waals surface area contributed by atoms with Crippen LogP contribution in [0.15, 0.2) is 84.9 Å². The van der Waals surface area contributed by atoms with Gasteiger partial charge in [0.2, 0.25) is 11.8 Å². The van der Waals surface area contributed by atoms with Gasteiger partial charge in [0.1, 0.15) is 5.75 Å². The molecule has 38 heavy (non-hydrogen) atoms. The fraction of sp³-hybridized carbons (Fsp3) is 0.303. The number of hydrogen-bond donors (Lipinski definition) is 0. The SMILES string of the molecule is CCOc1ccccc1N1C(=O)[C@@H]2[C@@H](C1=O)[C@]1(CC)C(=O)[C@@]2(CC)C(c2ccccc2)=C1c1ccccc1. The van der Waals surface area contributed by atoms with Crippen LogP contribution < -0.4 is 9.64 Å². The predicted molar refractivity (Wildman–Crippen MR) is 147 cm³/mol. The number of imide groups is 1. The zero-order valence-corrected chi connectivity index (χ0v) is 21.9. The molecule has 0 radical (unpaired) electrons. The molecule has 5 heteroatoms. The molecular formula is C33H31NO4. The van der Waals surface area contributed by atoms with Gasteiger partial charge in [0.05, 0.1) is 35.0 Å². The molecule has 192 valence electrons. The highest BCUT2D eigenvalue weighted by Gasteiger charge is 2.80. The molecule has 0 unspecified atom stereocenters. The normalized spacial score (nSPS) is 27.9. The molecule has 3 aliphatic rings. The molecule has 3 aromatic rings. The Morgan fingerprint density at radius 1 is 0.658 bits per heavy atom. The molecule has 2 bridgehead atoms. The van der Waals surface area contributed by atoms with Gasteiger partial charge < -0.3 is 4.74 Å². The van der Waals surface area contributed by atoms with Crippen molar-refractivity contribution in [3.05, 3.63) is 96.1 Å². The average Bonchev–Trinajstić information content (AvgIpc) is 3.45. The number of carbonyl (C=O) groups excluding carboxylic acids is 3. The Balaban J connectivity index is 1.65. The molecular weight excluding hydrogens is 474 g/mol. The minimum atomic E-state index is -1.09. The largest absolute Gasteiger partial charge is 0.492 e. The van der Waals surface area contributed by atoms with Crippen molar-refractivity contribution in [1.29, 1.82) is 0 Å². The lowest BCUT2D eigenvalue weighted by atomic mass is 9.60. The second-order valence-electron chi connectivity index (χ2n) is 10.3. The van der Waals surface area contributed by atoms with Crippen LogP contribution in [-0.4, -0.2) is 24.2 Å². The first-order valence-electron chi connectivity index (χ1n) is 13.5. The van der Waals surface area contributed by atoms with Crippen LogP contribution in [0.1, 0.15) is 44.7 Å². The molecule has 1 heterocycles. The molecule has 2 fully saturated rings. The first-order chi connectivity index (χ1) is 18.5. The van der Waals surface area contributed by atoms with E-state index in [9.17, 15) is 14.4 Å². The number of ketones is 1. The van der Waals surface area contributed by atoms with Crippen LogP contribution in [0.25, 0.3) is 11.1 Å². The smallest absolute Gasteiger partial charge is 0.239 e. The van der Waals surface area contributed by atoms with Gasteiger partial charge in [0.25, 0.3) is 0 Å². The number of para-hydroxylation sites is 2. The Kier molecular flexibility index (Phi) is 5.64. The van der Waals surface area contributed by atoms with Crippen LogP contribution in [0.4, 0.5) is 5.69 Å². The maximum atomic E-state index is 14.8. The van der Waals surface area contributed by atoms with E-state index in [-0.39, 0.29) is 17.6 Å². The molecule has 6 rings (SSSR count). The Bertz CT molecular complexity index is 1390. The summed E-state index contributed by atoms with van der Waals surface area (Å²) in [6.45, 7) is 6.24. The lowest BCUT2D eigenvalue weighted by molar-refractivity contribution is -0.134. The first kappa shape index (κ1) is 24.4. The molecule has 3 aromatic carbocycles. The highest BCUT2D eigenvalue weighted by atomic mass is 16.5. The maximum Gasteiger partial charge on any atom is 0.239 e. The molecule has 1 saturated heterocycles. The molecule has 0 aromatic heterocycles. The third-order valence-electron chi connectivity index (χ3n) is 8.97. The molecule has 0 spiro atoms. The van der Waals surface area contributed by atoms with Gasteiger partial charge in [-0.05, 0) is 54.2 Å². The van der Waals surface area contributed by atoms with Gasteiger partial charge in [-0.25, -0.2) is 4.90 Å². The van der Waals surface area contributed by atoms with Gasteiger partial charge in [0.15, 0.2) is 5.78 Å². The van der Waals surface area contributed by atoms with E-state index >= 15 is 0 Å². The van der Waals surface area contributed by atoms with E-state index in [1.807, 2.05) is 87.5 Å². The molecule has 2 aliphatic carbocycles. The number of anilines is 1. The van der Waals surface area contributed by atoms with E-state index in [1.54, 1.807) is 18.2 Å². The van der Waals surface area contributed by atoms with Gasteiger partial charge in [0, 0.05) is 0 Å². The molecule has 4 atom stereocenters. The van der Waals surface area contributed by atoms with E-state index in [1.165, 1.54) is 4.90 Å². The number of fused-ring (bicyclic) bond motifs is 5. The van der Waals surface area contributed by atoms with Crippen molar-refractivity contribution in [3.8, 4) is 5.75 Å². The highest BCUT2D eigenvalue weighted by molar-refractivity contribution is 6.35. The van der Waals surface area contributed by atoms with Crippen molar-refractivity contribution >= 4 is 34.4 Å². The number of hydrogen-bond acceptors (Lipinski definition) is 4. The van der Waals surface area contributed by atoms with Gasteiger partial charge in [-0.2, -0.15) is 0 Å². The van der Waals surface area contributed by atoms with E-state index < -0.39 is 22.7 Å². The summed E-state index contributed by atoms with van der Waals surface area (Å²) in [4.78, 5) is 44.9. The maximum absolute atomic E-state index is 14.8. The van der Waals surface area contributed by atoms with Crippen LogP contribution in [0.3, 0.4) is 0 Å². The average molecular weight is 506 g/mol. The van der Waals surface area contributed by atoms with Crippen molar-refractivity contribution in [3.63, 3.8) is 0 Å². The van der Waals surface area contributed by atoms with E-state index in [0.29, 0.717) is 30.9 Å². The Hall–Kier alpha value is -3.99. The summed E-state index contributed by atoms with van der Waals surface area (Å²) in [6, 6.07) is 27.0.